The lowest BCUT2D eigenvalue weighted by Crippen LogP contribution is -2.29. The molecule has 0 saturated heterocycles. The van der Waals surface area contributed by atoms with Crippen LogP contribution in [0.25, 0.3) is 16.7 Å². The van der Waals surface area contributed by atoms with Gasteiger partial charge in [0.15, 0.2) is 16.7 Å². The quantitative estimate of drug-likeness (QED) is 0.251. The molecule has 0 atom stereocenters. The summed E-state index contributed by atoms with van der Waals surface area (Å²) in [7, 11) is 1.59. The van der Waals surface area contributed by atoms with Crippen molar-refractivity contribution >= 4 is 34.3 Å². The van der Waals surface area contributed by atoms with Crippen molar-refractivity contribution < 1.29 is 14.3 Å². The summed E-state index contributed by atoms with van der Waals surface area (Å²) in [6.07, 6.45) is 0.850. The summed E-state index contributed by atoms with van der Waals surface area (Å²) in [4.78, 5) is 25.6. The van der Waals surface area contributed by atoms with E-state index in [1.807, 2.05) is 52.9 Å². The molecule has 9 nitrogen and oxygen atoms in total. The number of carbonyl (C=O) groups excluding carboxylic acids is 1. The number of para-hydroxylation sites is 3. The van der Waals surface area contributed by atoms with E-state index in [0.29, 0.717) is 53.4 Å². The van der Waals surface area contributed by atoms with Crippen molar-refractivity contribution in [2.24, 2.45) is 5.92 Å². The molecule has 1 amide bonds. The third-order valence-electron chi connectivity index (χ3n) is 5.49. The van der Waals surface area contributed by atoms with E-state index in [1.54, 1.807) is 11.7 Å². The predicted octanol–water partition coefficient (Wildman–Crippen LogP) is 3.39. The average molecular weight is 496 g/mol. The summed E-state index contributed by atoms with van der Waals surface area (Å²) in [6, 6.07) is 14.8. The molecule has 2 heterocycles. The van der Waals surface area contributed by atoms with Crippen LogP contribution in [-0.4, -0.2) is 51.1 Å². The number of hydrogen-bond donors (Lipinski definition) is 1. The van der Waals surface area contributed by atoms with Crippen molar-refractivity contribution in [3.05, 3.63) is 58.9 Å². The topological polar surface area (TPSA) is 99.8 Å². The average Bonchev–Trinajstić information content (AvgIpc) is 3.29. The molecule has 0 fully saturated rings. The Kier molecular flexibility index (Phi) is 7.91. The molecule has 0 saturated carbocycles. The van der Waals surface area contributed by atoms with Crippen LogP contribution in [0.1, 0.15) is 20.3 Å². The lowest BCUT2D eigenvalue weighted by molar-refractivity contribution is -0.118. The smallest absolute Gasteiger partial charge is 0.262 e. The second-order valence-corrected chi connectivity index (χ2v) is 9.35. The minimum atomic E-state index is -0.146. The molecule has 184 valence electrons. The largest absolute Gasteiger partial charge is 0.493 e. The summed E-state index contributed by atoms with van der Waals surface area (Å²) in [5.41, 5.74) is 0.650. The molecular weight excluding hydrogens is 466 g/mol. The van der Waals surface area contributed by atoms with Crippen molar-refractivity contribution in [2.75, 3.05) is 26.0 Å². The summed E-state index contributed by atoms with van der Waals surface area (Å²) in [6.45, 7) is 5.47. The van der Waals surface area contributed by atoms with Crippen LogP contribution in [-0.2, 0) is 11.3 Å². The molecule has 0 spiro atoms. The van der Waals surface area contributed by atoms with Gasteiger partial charge in [-0.2, -0.15) is 0 Å². The first-order valence-corrected chi connectivity index (χ1v) is 12.5. The summed E-state index contributed by atoms with van der Waals surface area (Å²) >= 11 is 1.28. The van der Waals surface area contributed by atoms with Crippen LogP contribution in [0.2, 0.25) is 0 Å². The number of thioether (sulfide) groups is 1. The van der Waals surface area contributed by atoms with Gasteiger partial charge < -0.3 is 14.8 Å². The summed E-state index contributed by atoms with van der Waals surface area (Å²) < 4.78 is 14.5. The first-order chi connectivity index (χ1) is 17.0. The summed E-state index contributed by atoms with van der Waals surface area (Å²) in [5.74, 6) is 2.22. The van der Waals surface area contributed by atoms with Crippen LogP contribution in [0.3, 0.4) is 0 Å². The molecule has 0 unspecified atom stereocenters. The van der Waals surface area contributed by atoms with E-state index in [-0.39, 0.29) is 17.2 Å². The maximum Gasteiger partial charge on any atom is 0.262 e. The Labute approximate surface area is 207 Å². The van der Waals surface area contributed by atoms with Crippen molar-refractivity contribution in [3.63, 3.8) is 0 Å². The maximum absolute atomic E-state index is 13.1. The number of rotatable bonds is 11. The normalized spacial score (nSPS) is 11.3. The highest BCUT2D eigenvalue weighted by molar-refractivity contribution is 7.99. The molecule has 35 heavy (non-hydrogen) atoms. The van der Waals surface area contributed by atoms with Crippen LogP contribution in [0, 0.1) is 5.92 Å². The van der Waals surface area contributed by atoms with E-state index >= 15 is 0 Å². The van der Waals surface area contributed by atoms with Gasteiger partial charge in [-0.25, -0.2) is 0 Å². The SMILES string of the molecule is COc1ccccc1OCCNC(=O)CSc1nnc2n(CCC(C)C)c(=O)c3ccccc3n12. The van der Waals surface area contributed by atoms with Crippen molar-refractivity contribution in [1.82, 2.24) is 24.5 Å². The lowest BCUT2D eigenvalue weighted by Gasteiger charge is -2.12. The van der Waals surface area contributed by atoms with E-state index in [4.69, 9.17) is 9.47 Å². The Morgan fingerprint density at radius 3 is 2.60 bits per heavy atom. The summed E-state index contributed by atoms with van der Waals surface area (Å²) in [5, 5.41) is 12.6. The predicted molar refractivity (Wildman–Crippen MR) is 136 cm³/mol. The fourth-order valence-electron chi connectivity index (χ4n) is 3.69. The van der Waals surface area contributed by atoms with Gasteiger partial charge in [0.2, 0.25) is 11.7 Å². The number of ether oxygens (including phenoxy) is 2. The van der Waals surface area contributed by atoms with Gasteiger partial charge in [0.1, 0.15) is 6.61 Å². The van der Waals surface area contributed by atoms with Gasteiger partial charge in [-0.15, -0.1) is 10.2 Å². The Morgan fingerprint density at radius 2 is 1.83 bits per heavy atom. The number of fused-ring (bicyclic) bond motifs is 3. The number of hydrogen-bond acceptors (Lipinski definition) is 7. The molecular formula is C25H29N5O4S. The fourth-order valence-corrected chi connectivity index (χ4v) is 4.46. The van der Waals surface area contributed by atoms with Crippen LogP contribution < -0.4 is 20.3 Å². The second kappa shape index (κ2) is 11.3. The second-order valence-electron chi connectivity index (χ2n) is 8.41. The number of aryl methyl sites for hydroxylation is 1. The molecule has 0 aliphatic heterocycles. The van der Waals surface area contributed by atoms with E-state index in [2.05, 4.69) is 29.4 Å². The third-order valence-corrected chi connectivity index (χ3v) is 6.42. The zero-order valence-corrected chi connectivity index (χ0v) is 20.9. The Balaban J connectivity index is 1.44. The van der Waals surface area contributed by atoms with Gasteiger partial charge in [0, 0.05) is 6.54 Å². The van der Waals surface area contributed by atoms with E-state index in [1.165, 1.54) is 11.8 Å². The molecule has 4 rings (SSSR count). The number of benzene rings is 2. The van der Waals surface area contributed by atoms with Crippen molar-refractivity contribution in [2.45, 2.75) is 32.0 Å². The third kappa shape index (κ3) is 5.59. The minimum absolute atomic E-state index is 0.0783. The van der Waals surface area contributed by atoms with Crippen molar-refractivity contribution in [3.8, 4) is 11.5 Å². The first kappa shape index (κ1) is 24.6. The van der Waals surface area contributed by atoms with Crippen LogP contribution in [0.5, 0.6) is 11.5 Å². The highest BCUT2D eigenvalue weighted by Crippen LogP contribution is 2.25. The zero-order chi connectivity index (χ0) is 24.8. The highest BCUT2D eigenvalue weighted by atomic mass is 32.2. The minimum Gasteiger partial charge on any atom is -0.493 e. The Bertz CT molecular complexity index is 1380. The number of methoxy groups -OCH3 is 1. The van der Waals surface area contributed by atoms with Gasteiger partial charge in [-0.05, 0) is 36.6 Å². The fraction of sp³-hybridized carbons (Fsp3) is 0.360. The van der Waals surface area contributed by atoms with Gasteiger partial charge in [0.05, 0.1) is 30.3 Å². The van der Waals surface area contributed by atoms with Crippen LogP contribution in [0.15, 0.2) is 58.5 Å². The lowest BCUT2D eigenvalue weighted by atomic mass is 10.1. The van der Waals surface area contributed by atoms with E-state index in [9.17, 15) is 9.59 Å². The molecule has 10 heteroatoms. The molecule has 2 aromatic heterocycles. The Hall–Kier alpha value is -3.53. The molecule has 4 aromatic rings. The zero-order valence-electron chi connectivity index (χ0n) is 20.1. The van der Waals surface area contributed by atoms with E-state index in [0.717, 1.165) is 11.9 Å². The van der Waals surface area contributed by atoms with Gasteiger partial charge in [-0.1, -0.05) is 49.9 Å². The van der Waals surface area contributed by atoms with Gasteiger partial charge >= 0.3 is 0 Å². The number of nitrogens with zero attached hydrogens (tertiary/aromatic N) is 4. The standard InChI is InChI=1S/C25H29N5O4S/c1-17(2)12-14-29-23(32)18-8-4-5-9-19(18)30-24(29)27-28-25(30)35-16-22(31)26-13-15-34-21-11-7-6-10-20(21)33-3/h4-11,17H,12-16H2,1-3H3,(H,26,31). The Morgan fingerprint density at radius 1 is 1.09 bits per heavy atom. The van der Waals surface area contributed by atoms with Crippen LogP contribution in [0.4, 0.5) is 0 Å². The molecule has 0 aliphatic rings. The number of amides is 1. The molecule has 0 aliphatic carbocycles. The molecule has 0 radical (unpaired) electrons. The number of nitrogens with one attached hydrogen (secondary N) is 1. The van der Waals surface area contributed by atoms with Crippen LogP contribution >= 0.6 is 11.8 Å². The van der Waals surface area contributed by atoms with E-state index < -0.39 is 0 Å². The molecule has 2 aromatic carbocycles. The number of carbonyl (C=O) groups is 1. The highest BCUT2D eigenvalue weighted by Gasteiger charge is 2.17. The number of aromatic nitrogens is 4. The van der Waals surface area contributed by atoms with Gasteiger partial charge in [-0.3, -0.25) is 18.6 Å². The molecule has 1 N–H and O–H groups in total. The maximum atomic E-state index is 13.1. The first-order valence-electron chi connectivity index (χ1n) is 11.5. The van der Waals surface area contributed by atoms with Gasteiger partial charge in [0.25, 0.3) is 5.56 Å². The monoisotopic (exact) mass is 495 g/mol. The van der Waals surface area contributed by atoms with Crippen molar-refractivity contribution in [1.29, 1.82) is 0 Å². The molecule has 0 bridgehead atoms.